The molecule has 0 aliphatic heterocycles. The van der Waals surface area contributed by atoms with Crippen molar-refractivity contribution in [2.45, 2.75) is 0 Å². The van der Waals surface area contributed by atoms with Crippen molar-refractivity contribution in [3.63, 3.8) is 0 Å². The van der Waals surface area contributed by atoms with Crippen LogP contribution >= 0.6 is 0 Å². The van der Waals surface area contributed by atoms with Gasteiger partial charge in [0.25, 0.3) is 0 Å². The molecule has 1 aromatic heterocycles. The highest BCUT2D eigenvalue weighted by Crippen LogP contribution is 2.35. The summed E-state index contributed by atoms with van der Waals surface area (Å²) in [5.74, 6) is 1.44. The van der Waals surface area contributed by atoms with Crippen LogP contribution in [0.4, 0.5) is 0 Å². The second-order valence-electron chi connectivity index (χ2n) is 6.09. The molecule has 0 N–H and O–H groups in total. The molecule has 0 radical (unpaired) electrons. The molecule has 25 heavy (non-hydrogen) atoms. The van der Waals surface area contributed by atoms with E-state index in [0.29, 0.717) is 5.89 Å². The molecule has 5 aromatic rings. The molecule has 2 heteroatoms. The maximum absolute atomic E-state index is 6.10. The first-order chi connectivity index (χ1) is 12.4. The highest BCUT2D eigenvalue weighted by Gasteiger charge is 2.13. The molecule has 1 heterocycles. The predicted molar refractivity (Wildman–Crippen MR) is 102 cm³/mol. The van der Waals surface area contributed by atoms with Gasteiger partial charge in [-0.3, -0.25) is 0 Å². The predicted octanol–water partition coefficient (Wildman–Crippen LogP) is 6.32. The van der Waals surface area contributed by atoms with E-state index in [-0.39, 0.29) is 0 Å². The van der Waals surface area contributed by atoms with Crippen molar-refractivity contribution in [1.29, 1.82) is 0 Å². The average Bonchev–Trinajstić information content (AvgIpc) is 3.18. The molecule has 5 rings (SSSR count). The second kappa shape index (κ2) is 5.60. The van der Waals surface area contributed by atoms with Crippen LogP contribution in [-0.4, -0.2) is 4.98 Å². The molecular weight excluding hydrogens is 306 g/mol. The zero-order valence-electron chi connectivity index (χ0n) is 13.5. The van der Waals surface area contributed by atoms with Crippen LogP contribution in [0.5, 0.6) is 0 Å². The lowest BCUT2D eigenvalue weighted by Gasteiger charge is -2.08. The molecule has 0 bridgehead atoms. The van der Waals surface area contributed by atoms with Gasteiger partial charge in [0.15, 0.2) is 5.76 Å². The van der Waals surface area contributed by atoms with E-state index in [2.05, 4.69) is 59.6 Å². The van der Waals surface area contributed by atoms with Crippen molar-refractivity contribution in [1.82, 2.24) is 4.98 Å². The highest BCUT2D eigenvalue weighted by atomic mass is 16.4. The molecule has 0 fully saturated rings. The number of aromatic nitrogens is 1. The zero-order valence-corrected chi connectivity index (χ0v) is 13.5. The van der Waals surface area contributed by atoms with Crippen LogP contribution in [0, 0.1) is 0 Å². The fourth-order valence-electron chi connectivity index (χ4n) is 3.37. The minimum absolute atomic E-state index is 0.654. The van der Waals surface area contributed by atoms with Crippen LogP contribution in [0.25, 0.3) is 44.3 Å². The van der Waals surface area contributed by atoms with E-state index < -0.39 is 0 Å². The van der Waals surface area contributed by atoms with Gasteiger partial charge in [-0.2, -0.15) is 0 Å². The number of oxazole rings is 1. The lowest BCUT2D eigenvalue weighted by molar-refractivity contribution is 0.589. The van der Waals surface area contributed by atoms with Gasteiger partial charge in [-0.1, -0.05) is 78.9 Å². The standard InChI is InChI=1S/C23H15NO/c1-2-8-16(9-3-1)22-15-24-23(25-22)21-14-17-10-4-5-11-18(17)19-12-6-7-13-20(19)21/h1-15H. The SMILES string of the molecule is c1ccc(-c2cnc(-c3cc4ccccc4c4ccccc34)o2)cc1. The summed E-state index contributed by atoms with van der Waals surface area (Å²) in [7, 11) is 0. The van der Waals surface area contributed by atoms with E-state index >= 15 is 0 Å². The zero-order chi connectivity index (χ0) is 16.6. The van der Waals surface area contributed by atoms with Crippen molar-refractivity contribution in [3.8, 4) is 22.8 Å². The maximum atomic E-state index is 6.10. The van der Waals surface area contributed by atoms with Crippen molar-refractivity contribution < 1.29 is 4.42 Å². The number of fused-ring (bicyclic) bond motifs is 3. The summed E-state index contributed by atoms with van der Waals surface area (Å²) in [6.07, 6.45) is 1.80. The summed E-state index contributed by atoms with van der Waals surface area (Å²) in [4.78, 5) is 4.55. The van der Waals surface area contributed by atoms with Gasteiger partial charge >= 0.3 is 0 Å². The molecule has 4 aromatic carbocycles. The smallest absolute Gasteiger partial charge is 0.227 e. The molecule has 0 saturated carbocycles. The minimum atomic E-state index is 0.654. The van der Waals surface area contributed by atoms with Gasteiger partial charge in [-0.25, -0.2) is 4.98 Å². The second-order valence-corrected chi connectivity index (χ2v) is 6.09. The molecule has 0 atom stereocenters. The summed E-state index contributed by atoms with van der Waals surface area (Å²) in [6, 6.07) is 29.1. The Balaban J connectivity index is 1.76. The van der Waals surface area contributed by atoms with E-state index in [1.165, 1.54) is 16.2 Å². The van der Waals surface area contributed by atoms with Gasteiger partial charge in [-0.15, -0.1) is 0 Å². The average molecular weight is 321 g/mol. The summed E-state index contributed by atoms with van der Waals surface area (Å²) in [5, 5.41) is 4.81. The van der Waals surface area contributed by atoms with Crippen LogP contribution in [-0.2, 0) is 0 Å². The first-order valence-corrected chi connectivity index (χ1v) is 8.32. The molecule has 0 amide bonds. The summed E-state index contributed by atoms with van der Waals surface area (Å²) in [5.41, 5.74) is 2.06. The van der Waals surface area contributed by atoms with E-state index in [4.69, 9.17) is 4.42 Å². The van der Waals surface area contributed by atoms with E-state index in [9.17, 15) is 0 Å². The number of rotatable bonds is 2. The molecule has 0 aliphatic carbocycles. The molecule has 118 valence electrons. The third-order valence-corrected chi connectivity index (χ3v) is 4.56. The monoisotopic (exact) mass is 321 g/mol. The van der Waals surface area contributed by atoms with Crippen LogP contribution in [0.2, 0.25) is 0 Å². The summed E-state index contributed by atoms with van der Waals surface area (Å²) < 4.78 is 6.10. The van der Waals surface area contributed by atoms with Crippen molar-refractivity contribution >= 4 is 21.5 Å². The fraction of sp³-hybridized carbons (Fsp3) is 0. The number of benzene rings is 4. The fourth-order valence-corrected chi connectivity index (χ4v) is 3.37. The van der Waals surface area contributed by atoms with Crippen molar-refractivity contribution in [3.05, 3.63) is 91.1 Å². The third-order valence-electron chi connectivity index (χ3n) is 4.56. The maximum Gasteiger partial charge on any atom is 0.227 e. The summed E-state index contributed by atoms with van der Waals surface area (Å²) >= 11 is 0. The van der Waals surface area contributed by atoms with E-state index in [0.717, 1.165) is 22.3 Å². The van der Waals surface area contributed by atoms with Crippen LogP contribution in [0.1, 0.15) is 0 Å². The Morgan fingerprint density at radius 1 is 0.640 bits per heavy atom. The largest absolute Gasteiger partial charge is 0.436 e. The molecule has 0 spiro atoms. The Labute approximate surface area is 145 Å². The first-order valence-electron chi connectivity index (χ1n) is 8.32. The molecule has 2 nitrogen and oxygen atoms in total. The van der Waals surface area contributed by atoms with Gasteiger partial charge in [0, 0.05) is 11.1 Å². The van der Waals surface area contributed by atoms with Crippen LogP contribution in [0.3, 0.4) is 0 Å². The van der Waals surface area contributed by atoms with Crippen molar-refractivity contribution in [2.75, 3.05) is 0 Å². The Bertz CT molecular complexity index is 1190. The van der Waals surface area contributed by atoms with Gasteiger partial charge in [0.05, 0.1) is 6.20 Å². The van der Waals surface area contributed by atoms with Crippen LogP contribution in [0.15, 0.2) is 95.5 Å². The van der Waals surface area contributed by atoms with E-state index in [1.54, 1.807) is 6.20 Å². The Morgan fingerprint density at radius 2 is 1.32 bits per heavy atom. The first kappa shape index (κ1) is 14.0. The van der Waals surface area contributed by atoms with Gasteiger partial charge in [0.1, 0.15) is 0 Å². The quantitative estimate of drug-likeness (QED) is 0.356. The normalized spacial score (nSPS) is 11.2. The topological polar surface area (TPSA) is 26.0 Å². The Hall–Kier alpha value is -3.39. The summed E-state index contributed by atoms with van der Waals surface area (Å²) in [6.45, 7) is 0. The Kier molecular flexibility index (Phi) is 3.14. The van der Waals surface area contributed by atoms with Crippen LogP contribution < -0.4 is 0 Å². The molecule has 0 unspecified atom stereocenters. The minimum Gasteiger partial charge on any atom is -0.436 e. The highest BCUT2D eigenvalue weighted by molar-refractivity contribution is 6.13. The molecular formula is C23H15NO. The van der Waals surface area contributed by atoms with Gasteiger partial charge in [0.2, 0.25) is 5.89 Å². The third kappa shape index (κ3) is 2.31. The van der Waals surface area contributed by atoms with Crippen molar-refractivity contribution in [2.24, 2.45) is 0 Å². The van der Waals surface area contributed by atoms with Gasteiger partial charge in [-0.05, 0) is 27.6 Å². The Morgan fingerprint density at radius 3 is 2.16 bits per heavy atom. The molecule has 0 saturated heterocycles. The number of hydrogen-bond acceptors (Lipinski definition) is 2. The van der Waals surface area contributed by atoms with Gasteiger partial charge < -0.3 is 4.42 Å². The lowest BCUT2D eigenvalue weighted by atomic mass is 9.97. The van der Waals surface area contributed by atoms with E-state index in [1.807, 2.05) is 30.3 Å². The lowest BCUT2D eigenvalue weighted by Crippen LogP contribution is -1.84. The number of nitrogens with zero attached hydrogens (tertiary/aromatic N) is 1. The number of hydrogen-bond donors (Lipinski definition) is 0. The molecule has 0 aliphatic rings.